The third-order valence-corrected chi connectivity index (χ3v) is 18.0. The van der Waals surface area contributed by atoms with Crippen LogP contribution in [0.1, 0.15) is 114 Å². The molecule has 14 heterocycles. The Bertz CT molecular complexity index is 4450. The molecule has 0 amide bonds. The van der Waals surface area contributed by atoms with Crippen molar-refractivity contribution >= 4 is 90.5 Å². The summed E-state index contributed by atoms with van der Waals surface area (Å²) in [6.07, 6.45) is 21.6. The van der Waals surface area contributed by atoms with Crippen LogP contribution in [-0.4, -0.2) is 98.4 Å². The molecule has 0 bridgehead atoms. The molecule has 0 saturated carbocycles. The number of nitrogens with zero attached hydrogens (tertiary/aromatic N) is 10. The Morgan fingerprint density at radius 2 is 0.988 bits per heavy atom. The zero-order chi connectivity index (χ0) is 56.5. The van der Waals surface area contributed by atoms with Crippen LogP contribution in [-0.2, 0) is 38.5 Å². The Kier molecular flexibility index (Phi) is 15.5. The number of likely N-dealkylation sites (N-methyl/N-ethyl adjacent to an activating group) is 1. The first-order chi connectivity index (χ1) is 39.8. The molecule has 10 nitrogen and oxygen atoms in total. The number of hydrogen-bond acceptors (Lipinski definition) is 2. The van der Waals surface area contributed by atoms with E-state index >= 15 is 0 Å². The molecule has 0 atom stereocenters. The van der Waals surface area contributed by atoms with E-state index in [1.807, 2.05) is 6.07 Å². The van der Waals surface area contributed by atoms with Gasteiger partial charge in [-0.3, -0.25) is 9.98 Å². The van der Waals surface area contributed by atoms with Crippen molar-refractivity contribution in [3.8, 4) is 0 Å². The fourth-order valence-electron chi connectivity index (χ4n) is 13.4. The van der Waals surface area contributed by atoms with Gasteiger partial charge in [0.25, 0.3) is 5.82 Å². The largest absolute Gasteiger partial charge is 0.322 e. The maximum absolute atomic E-state index is 4.59. The summed E-state index contributed by atoms with van der Waals surface area (Å²) in [7, 11) is 8.60. The predicted molar refractivity (Wildman–Crippen MR) is 354 cm³/mol. The molecule has 18 rings (SSSR count). The van der Waals surface area contributed by atoms with Crippen molar-refractivity contribution in [3.63, 3.8) is 0 Å². The zero-order valence-corrected chi connectivity index (χ0v) is 49.3. The molecule has 10 heteroatoms. The molecule has 2 aromatic carbocycles. The molecule has 0 unspecified atom stereocenters. The maximum atomic E-state index is 4.59. The topological polar surface area (TPSA) is 54.4 Å². The monoisotopic (exact) mass is 1110 g/mol. The highest BCUT2D eigenvalue weighted by atomic mass is 15.1. The smallest absolute Gasteiger partial charge is 0.290 e. The summed E-state index contributed by atoms with van der Waals surface area (Å²) < 4.78 is 18.1. The molecule has 0 spiro atoms. The quantitative estimate of drug-likeness (QED) is 0.136. The van der Waals surface area contributed by atoms with E-state index in [-0.39, 0.29) is 14.9 Å². The van der Waals surface area contributed by atoms with E-state index in [1.54, 1.807) is 5.57 Å². The Morgan fingerprint density at radius 1 is 0.417 bits per heavy atom. The van der Waals surface area contributed by atoms with E-state index in [1.165, 1.54) is 135 Å². The van der Waals surface area contributed by atoms with E-state index in [4.69, 9.17) is 0 Å². The van der Waals surface area contributed by atoms with Gasteiger partial charge in [-0.15, -0.1) is 0 Å². The van der Waals surface area contributed by atoms with Gasteiger partial charge in [-0.25, -0.2) is 18.3 Å². The molecule has 8 aliphatic rings. The third-order valence-electron chi connectivity index (χ3n) is 18.0. The van der Waals surface area contributed by atoms with Crippen LogP contribution in [0.3, 0.4) is 0 Å². The van der Waals surface area contributed by atoms with Gasteiger partial charge in [0.2, 0.25) is 11.4 Å². The first-order valence-corrected chi connectivity index (χ1v) is 29.1. The predicted octanol–water partition coefficient (Wildman–Crippen LogP) is 15.8. The minimum absolute atomic E-state index is 0. The van der Waals surface area contributed by atoms with Gasteiger partial charge in [0.1, 0.15) is 32.4 Å². The number of rotatable bonds is 0. The van der Waals surface area contributed by atoms with Crippen LogP contribution in [0.15, 0.2) is 192 Å². The second kappa shape index (κ2) is 23.0. The van der Waals surface area contributed by atoms with Crippen molar-refractivity contribution in [1.29, 1.82) is 0 Å². The summed E-state index contributed by atoms with van der Waals surface area (Å²) >= 11 is 0. The summed E-state index contributed by atoms with van der Waals surface area (Å²) in [5, 5.41) is 0. The number of aliphatic imine (C=N–C) groups is 2. The minimum Gasteiger partial charge on any atom is -0.322 e. The summed E-state index contributed by atoms with van der Waals surface area (Å²) in [6, 6.07) is 47.1. The molecular formula is C74H82N10+4. The number of hydrogen-bond donors (Lipinski definition) is 0. The average Bonchev–Trinajstić information content (AvgIpc) is 3.47. The minimum atomic E-state index is 0. The Hall–Kier alpha value is -9.02. The normalized spacial score (nSPS) is 16.0. The van der Waals surface area contributed by atoms with E-state index in [9.17, 15) is 0 Å². The van der Waals surface area contributed by atoms with E-state index < -0.39 is 0 Å². The lowest BCUT2D eigenvalue weighted by atomic mass is 10.0. The highest BCUT2D eigenvalue weighted by molar-refractivity contribution is 5.99. The van der Waals surface area contributed by atoms with Crippen molar-refractivity contribution < 1.29 is 18.3 Å². The van der Waals surface area contributed by atoms with Crippen molar-refractivity contribution in [3.05, 3.63) is 227 Å². The van der Waals surface area contributed by atoms with Gasteiger partial charge >= 0.3 is 0 Å². The molecule has 8 aromatic heterocycles. The van der Waals surface area contributed by atoms with Crippen LogP contribution in [0.2, 0.25) is 0 Å². The van der Waals surface area contributed by atoms with Gasteiger partial charge in [-0.1, -0.05) is 87.6 Å². The van der Waals surface area contributed by atoms with Gasteiger partial charge < -0.3 is 13.2 Å². The fraction of sp³-hybridized carbons (Fsp3) is 0.270. The van der Waals surface area contributed by atoms with E-state index in [0.717, 1.165) is 57.1 Å². The van der Waals surface area contributed by atoms with Crippen LogP contribution >= 0.6 is 0 Å². The van der Waals surface area contributed by atoms with Crippen LogP contribution in [0.5, 0.6) is 0 Å². The summed E-state index contributed by atoms with van der Waals surface area (Å²) in [5.41, 5.74) is 34.5. The van der Waals surface area contributed by atoms with Crippen LogP contribution in [0.25, 0.3) is 33.3 Å². The standard InChI is InChI=1S/C13H14N.3C12H13N2.C12H11N.C11H10N2.2CH4/c1-9-7-12-11-6-4-3-5-10(11)8-13(12)14(9)2;1-9-7-10-11-5-3-4-6-14(11)8-12(10)13(9)2;1-9-7-10-8-11-5-3-4-6-14(11)12(10)13(9)2;1-9-7-12-11(13(9)2)8-10-5-3-4-6-14(10)12;1-8-6-10-7-9-4-2-3-5-11(9)12(10)13-8;1-8-6-9-7-13-5-3-2-4-10(13)11(9)12-8;;/h3-6H,7-8H2,1-2H3;3*3-6,8H,7H2,1-2H3;2-5H,6-7H2,1H3;2-5,7H,6H2,1H3;2*1H4/q4*+1;;;;. The highest BCUT2D eigenvalue weighted by Crippen LogP contribution is 2.41. The van der Waals surface area contributed by atoms with Crippen molar-refractivity contribution in [2.75, 3.05) is 28.2 Å². The van der Waals surface area contributed by atoms with E-state index in [2.05, 4.69) is 280 Å². The second-order valence-electron chi connectivity index (χ2n) is 23.4. The molecular weight excluding hydrogens is 1030 g/mol. The van der Waals surface area contributed by atoms with Gasteiger partial charge in [0.15, 0.2) is 22.8 Å². The first kappa shape index (κ1) is 56.8. The number of allylic oxidation sites excluding steroid dienone is 3. The average molecular weight is 1110 g/mol. The molecule has 0 radical (unpaired) electrons. The third kappa shape index (κ3) is 10.2. The lowest BCUT2D eigenvalue weighted by Gasteiger charge is -2.00. The number of fused-ring (bicyclic) bond motifs is 16. The molecule has 424 valence electrons. The van der Waals surface area contributed by atoms with Gasteiger partial charge in [0, 0.05) is 99.0 Å². The zero-order valence-electron chi connectivity index (χ0n) is 49.3. The molecule has 10 aromatic rings. The highest BCUT2D eigenvalue weighted by Gasteiger charge is 2.35. The molecule has 2 aliphatic carbocycles. The van der Waals surface area contributed by atoms with Gasteiger partial charge in [-0.2, -0.15) is 4.40 Å². The van der Waals surface area contributed by atoms with Gasteiger partial charge in [0.05, 0.1) is 89.9 Å². The van der Waals surface area contributed by atoms with Crippen molar-refractivity contribution in [1.82, 2.24) is 17.6 Å². The molecule has 0 fully saturated rings. The molecule has 0 saturated heterocycles. The second-order valence-corrected chi connectivity index (χ2v) is 23.4. The first-order valence-electron chi connectivity index (χ1n) is 29.1. The number of benzene rings is 2. The summed E-state index contributed by atoms with van der Waals surface area (Å²) in [4.78, 5) is 9.12. The van der Waals surface area contributed by atoms with Crippen molar-refractivity contribution in [2.45, 2.75) is 108 Å². The van der Waals surface area contributed by atoms with Crippen LogP contribution in [0.4, 0.5) is 22.9 Å². The van der Waals surface area contributed by atoms with Crippen LogP contribution < -0.4 is 0 Å². The lowest BCUT2D eigenvalue weighted by molar-refractivity contribution is -0.441. The Morgan fingerprint density at radius 3 is 1.74 bits per heavy atom. The SMILES string of the molecule is C.C.CC1=NC2=C(C1)Cc1ccccc12.CC1=Nc2c(cn3ccccc23)C1.CC1=[N+](C)C2=C(C1)c1ccccc1C2.CC1=[N+](C)c2c(cc3ccccn23)C1.CC1=[N+](C)c2cc3ccccn3c2C1.CC1=[N+](C)c2cn3ccccc3c2C1. The molecule has 84 heavy (non-hydrogen) atoms. The fourth-order valence-corrected chi connectivity index (χ4v) is 13.4. The van der Waals surface area contributed by atoms with E-state index in [0.29, 0.717) is 0 Å². The Balaban J connectivity index is 0.000000105. The molecule has 6 aliphatic heterocycles. The number of aromatic nitrogens is 4. The molecule has 0 N–H and O–H groups in total. The summed E-state index contributed by atoms with van der Waals surface area (Å²) in [5.74, 6) is 1.33. The summed E-state index contributed by atoms with van der Waals surface area (Å²) in [6.45, 7) is 13.0. The maximum Gasteiger partial charge on any atom is 0.290 e. The van der Waals surface area contributed by atoms with Crippen molar-refractivity contribution in [2.24, 2.45) is 9.98 Å². The van der Waals surface area contributed by atoms with Crippen LogP contribution in [0, 0.1) is 0 Å². The lowest BCUT2D eigenvalue weighted by Crippen LogP contribution is -2.08. The van der Waals surface area contributed by atoms with Gasteiger partial charge in [-0.05, 0) is 104 Å². The Labute approximate surface area is 496 Å². The number of pyridine rings is 4.